The first-order chi connectivity index (χ1) is 6.69. The Kier molecular flexibility index (Phi) is 4.29. The second kappa shape index (κ2) is 5.27. The number of hydrogen-bond acceptors (Lipinski definition) is 2. The highest BCUT2D eigenvalue weighted by Crippen LogP contribution is 2.21. The van der Waals surface area contributed by atoms with Gasteiger partial charge in [0.15, 0.2) is 12.1 Å². The quantitative estimate of drug-likeness (QED) is 0.625. The summed E-state index contributed by atoms with van der Waals surface area (Å²) in [7, 11) is 0. The molecule has 0 bridgehead atoms. The lowest BCUT2D eigenvalue weighted by Crippen LogP contribution is -2.05. The molecule has 14 heavy (non-hydrogen) atoms. The number of aldehydes is 1. The Hall–Kier alpha value is -0.670. The smallest absolute Gasteiger partial charge is 0.151 e. The van der Waals surface area contributed by atoms with Crippen LogP contribution in [0.2, 0.25) is 0 Å². The molecule has 1 aromatic carbocycles. The van der Waals surface area contributed by atoms with E-state index in [2.05, 4.69) is 15.9 Å². The number of benzene rings is 1. The molecule has 0 aromatic heterocycles. The molecule has 74 valence electrons. The van der Waals surface area contributed by atoms with E-state index in [1.54, 1.807) is 18.2 Å². The van der Waals surface area contributed by atoms with Crippen molar-refractivity contribution < 1.29 is 9.59 Å². The van der Waals surface area contributed by atoms with Gasteiger partial charge in [0, 0.05) is 16.5 Å². The van der Waals surface area contributed by atoms with Crippen LogP contribution in [0, 0.1) is 0 Å². The normalized spacial score (nSPS) is 9.86. The van der Waals surface area contributed by atoms with E-state index in [1.807, 2.05) is 0 Å². The maximum absolute atomic E-state index is 11.1. The van der Waals surface area contributed by atoms with Crippen molar-refractivity contribution in [3.63, 3.8) is 0 Å². The highest BCUT2D eigenvalue weighted by molar-refractivity contribution is 9.10. The van der Waals surface area contributed by atoms with Crippen LogP contribution in [0.5, 0.6) is 0 Å². The number of Topliss-reactive ketones (excluding diaryl/α,β-unsaturated/α-hetero) is 1. The van der Waals surface area contributed by atoms with Crippen molar-refractivity contribution in [3.05, 3.63) is 33.8 Å². The Morgan fingerprint density at radius 1 is 1.50 bits per heavy atom. The molecule has 0 aliphatic carbocycles. The Balaban J connectivity index is 2.97. The van der Waals surface area contributed by atoms with Gasteiger partial charge in [-0.15, -0.1) is 11.6 Å². The summed E-state index contributed by atoms with van der Waals surface area (Å²) in [6.07, 6.45) is 1.00. The maximum atomic E-state index is 11.1. The maximum Gasteiger partial charge on any atom is 0.151 e. The van der Waals surface area contributed by atoms with Crippen LogP contribution in [0.3, 0.4) is 0 Å². The summed E-state index contributed by atoms with van der Waals surface area (Å²) in [5, 5.41) is 0. The molecule has 1 rings (SSSR count). The molecule has 0 saturated carbocycles. The second-order valence-corrected chi connectivity index (χ2v) is 3.85. The Bertz CT molecular complexity index is 363. The Labute approximate surface area is 95.4 Å². The fraction of sp³-hybridized carbons (Fsp3) is 0.200. The lowest BCUT2D eigenvalue weighted by Gasteiger charge is -2.03. The van der Waals surface area contributed by atoms with E-state index in [4.69, 9.17) is 11.6 Å². The summed E-state index contributed by atoms with van der Waals surface area (Å²) >= 11 is 8.67. The van der Waals surface area contributed by atoms with Crippen molar-refractivity contribution in [3.8, 4) is 0 Å². The van der Waals surface area contributed by atoms with Crippen molar-refractivity contribution in [2.75, 3.05) is 5.88 Å². The fourth-order valence-corrected chi connectivity index (χ4v) is 1.68. The molecule has 0 unspecified atom stereocenters. The van der Waals surface area contributed by atoms with E-state index in [0.717, 1.165) is 11.8 Å². The zero-order valence-corrected chi connectivity index (χ0v) is 9.64. The molecule has 1 aromatic rings. The van der Waals surface area contributed by atoms with Gasteiger partial charge in [-0.1, -0.05) is 18.2 Å². The van der Waals surface area contributed by atoms with Crippen LogP contribution in [0.25, 0.3) is 0 Å². The second-order valence-electron chi connectivity index (χ2n) is 2.79. The molecule has 0 spiro atoms. The van der Waals surface area contributed by atoms with E-state index in [-0.39, 0.29) is 18.1 Å². The average Bonchev–Trinajstić information content (AvgIpc) is 2.21. The van der Waals surface area contributed by atoms with Crippen molar-refractivity contribution in [2.45, 2.75) is 6.42 Å². The summed E-state index contributed by atoms with van der Waals surface area (Å²) in [6, 6.07) is 5.22. The van der Waals surface area contributed by atoms with Gasteiger partial charge in [-0.25, -0.2) is 0 Å². The molecule has 0 fully saturated rings. The number of carbonyl (C=O) groups excluding carboxylic acids is 2. The van der Waals surface area contributed by atoms with Crippen molar-refractivity contribution in [2.24, 2.45) is 0 Å². The number of halogens is 2. The van der Waals surface area contributed by atoms with Crippen LogP contribution in [0.15, 0.2) is 22.7 Å². The SMILES string of the molecule is O=Cc1cccc(CC(=O)CCl)c1Br. The van der Waals surface area contributed by atoms with Crippen LogP contribution in [0.4, 0.5) is 0 Å². The van der Waals surface area contributed by atoms with Gasteiger partial charge >= 0.3 is 0 Å². The first-order valence-corrected chi connectivity index (χ1v) is 5.32. The molecule has 0 saturated heterocycles. The minimum Gasteiger partial charge on any atom is -0.298 e. The zero-order valence-electron chi connectivity index (χ0n) is 7.30. The number of carbonyl (C=O) groups is 2. The minimum atomic E-state index is -0.0598. The monoisotopic (exact) mass is 274 g/mol. The molecule has 0 aliphatic heterocycles. The molecular weight excluding hydrogens is 267 g/mol. The van der Waals surface area contributed by atoms with Gasteiger partial charge in [-0.05, 0) is 21.5 Å². The van der Waals surface area contributed by atoms with Crippen LogP contribution in [0.1, 0.15) is 15.9 Å². The molecular formula is C10H8BrClO2. The van der Waals surface area contributed by atoms with Gasteiger partial charge in [-0.3, -0.25) is 9.59 Å². The predicted molar refractivity (Wildman–Crippen MR) is 59.0 cm³/mol. The molecule has 0 amide bonds. The van der Waals surface area contributed by atoms with Crippen molar-refractivity contribution in [1.82, 2.24) is 0 Å². The first kappa shape index (κ1) is 11.4. The largest absolute Gasteiger partial charge is 0.298 e. The third kappa shape index (κ3) is 2.66. The topological polar surface area (TPSA) is 34.1 Å². The van der Waals surface area contributed by atoms with Crippen LogP contribution in [-0.2, 0) is 11.2 Å². The van der Waals surface area contributed by atoms with Gasteiger partial charge in [0.2, 0.25) is 0 Å². The fourth-order valence-electron chi connectivity index (χ4n) is 1.09. The van der Waals surface area contributed by atoms with E-state index in [9.17, 15) is 9.59 Å². The molecule has 0 aliphatic rings. The van der Waals surface area contributed by atoms with E-state index in [1.165, 1.54) is 0 Å². The summed E-state index contributed by atoms with van der Waals surface area (Å²) in [4.78, 5) is 21.7. The average molecular weight is 276 g/mol. The van der Waals surface area contributed by atoms with Crippen molar-refractivity contribution in [1.29, 1.82) is 0 Å². The van der Waals surface area contributed by atoms with E-state index in [0.29, 0.717) is 10.0 Å². The summed E-state index contributed by atoms with van der Waals surface area (Å²) in [5.74, 6) is -0.0620. The molecule has 0 N–H and O–H groups in total. The van der Waals surface area contributed by atoms with Gasteiger partial charge in [0.1, 0.15) is 0 Å². The highest BCUT2D eigenvalue weighted by atomic mass is 79.9. The number of ketones is 1. The van der Waals surface area contributed by atoms with E-state index >= 15 is 0 Å². The molecule has 4 heteroatoms. The standard InChI is InChI=1S/C10H8BrClO2/c11-10-7(4-9(14)5-12)2-1-3-8(10)6-13/h1-3,6H,4-5H2. The Morgan fingerprint density at radius 3 is 2.79 bits per heavy atom. The van der Waals surface area contributed by atoms with Gasteiger partial charge in [0.05, 0.1) is 5.88 Å². The first-order valence-electron chi connectivity index (χ1n) is 3.99. The third-order valence-corrected chi connectivity index (χ3v) is 3.04. The van der Waals surface area contributed by atoms with Crippen LogP contribution in [-0.4, -0.2) is 17.9 Å². The van der Waals surface area contributed by atoms with Crippen LogP contribution < -0.4 is 0 Å². The lowest BCUT2D eigenvalue weighted by molar-refractivity contribution is -0.116. The number of rotatable bonds is 4. The number of hydrogen-bond donors (Lipinski definition) is 0. The van der Waals surface area contributed by atoms with Gasteiger partial charge in [0.25, 0.3) is 0 Å². The van der Waals surface area contributed by atoms with Crippen molar-refractivity contribution >= 4 is 39.6 Å². The van der Waals surface area contributed by atoms with E-state index < -0.39 is 0 Å². The summed E-state index contributed by atoms with van der Waals surface area (Å²) < 4.78 is 0.675. The summed E-state index contributed by atoms with van der Waals surface area (Å²) in [6.45, 7) is 0. The zero-order chi connectivity index (χ0) is 10.6. The molecule has 2 nitrogen and oxygen atoms in total. The number of alkyl halides is 1. The third-order valence-electron chi connectivity index (χ3n) is 1.77. The van der Waals surface area contributed by atoms with Gasteiger partial charge in [-0.2, -0.15) is 0 Å². The minimum absolute atomic E-state index is 0.00223. The summed E-state index contributed by atoms with van der Waals surface area (Å²) in [5.41, 5.74) is 1.34. The lowest BCUT2D eigenvalue weighted by atomic mass is 10.1. The molecule has 0 radical (unpaired) electrons. The Morgan fingerprint density at radius 2 is 2.21 bits per heavy atom. The van der Waals surface area contributed by atoms with Gasteiger partial charge < -0.3 is 0 Å². The molecule has 0 heterocycles. The predicted octanol–water partition coefficient (Wildman–Crippen LogP) is 2.61. The molecule has 0 atom stereocenters. The van der Waals surface area contributed by atoms with Crippen LogP contribution >= 0.6 is 27.5 Å². The highest BCUT2D eigenvalue weighted by Gasteiger charge is 2.08.